The zero-order chi connectivity index (χ0) is 22.7. The van der Waals surface area contributed by atoms with Crippen LogP contribution in [-0.4, -0.2) is 35.4 Å². The summed E-state index contributed by atoms with van der Waals surface area (Å²) in [6.07, 6.45) is -1.59. The maximum atomic E-state index is 14.2. The van der Waals surface area contributed by atoms with E-state index in [2.05, 4.69) is 10.9 Å². The fraction of sp³-hybridized carbons (Fsp3) is 0.350. The second-order valence-corrected chi connectivity index (χ2v) is 7.22. The molecule has 1 aliphatic rings. The Morgan fingerprint density at radius 3 is 2.58 bits per heavy atom. The summed E-state index contributed by atoms with van der Waals surface area (Å²) in [7, 11) is 1.18. The van der Waals surface area contributed by atoms with Gasteiger partial charge in [0.05, 0.1) is 18.5 Å². The van der Waals surface area contributed by atoms with E-state index in [1.807, 2.05) is 0 Å². The van der Waals surface area contributed by atoms with Crippen LogP contribution < -0.4 is 10.9 Å². The minimum absolute atomic E-state index is 0.131. The number of aliphatic hydroxyl groups is 1. The van der Waals surface area contributed by atoms with Crippen molar-refractivity contribution in [3.8, 4) is 0 Å². The predicted molar refractivity (Wildman–Crippen MR) is 102 cm³/mol. The van der Waals surface area contributed by atoms with Crippen molar-refractivity contribution in [2.45, 2.75) is 31.0 Å². The summed E-state index contributed by atoms with van der Waals surface area (Å²) < 4.78 is 45.8. The molecule has 1 fully saturated rings. The zero-order valence-corrected chi connectivity index (χ0v) is 16.3. The highest BCUT2D eigenvalue weighted by atomic mass is 19.2. The molecular formula is C20H20F3N3O5. The summed E-state index contributed by atoms with van der Waals surface area (Å²) in [5, 5.41) is 21.7. The van der Waals surface area contributed by atoms with Crippen LogP contribution in [0.15, 0.2) is 36.4 Å². The van der Waals surface area contributed by atoms with Crippen LogP contribution in [0.1, 0.15) is 23.5 Å². The Bertz CT molecular complexity index is 991. The number of nitrogens with zero attached hydrogens (tertiary/aromatic N) is 1. The Kier molecular flexibility index (Phi) is 6.88. The smallest absolute Gasteiger partial charge is 0.306 e. The first-order valence-corrected chi connectivity index (χ1v) is 9.35. The standard InChI is InChI=1S/C20H20F3N3O5/c1-31-18(27)8-13(10-3-2-4-12(5-10)26(29)30)19-17(24-25-20(19)28)7-11-6-15(22)16(23)9-14(11)21/h2-6,9,13,17,19-20,24-25,28H,7-8H2,1H3. The number of benzene rings is 2. The molecule has 31 heavy (non-hydrogen) atoms. The average molecular weight is 439 g/mol. The van der Waals surface area contributed by atoms with Crippen LogP contribution in [0, 0.1) is 33.5 Å². The van der Waals surface area contributed by atoms with Crippen molar-refractivity contribution in [2.75, 3.05) is 7.11 Å². The van der Waals surface area contributed by atoms with E-state index in [1.165, 1.54) is 25.3 Å². The van der Waals surface area contributed by atoms with E-state index >= 15 is 0 Å². The molecule has 0 bridgehead atoms. The molecule has 3 rings (SSSR count). The SMILES string of the molecule is COC(=O)CC(c1cccc([N+](=O)[O-])c1)C1C(O)NNC1Cc1cc(F)c(F)cc1F. The number of hydrogen-bond donors (Lipinski definition) is 3. The quantitative estimate of drug-likeness (QED) is 0.263. The molecule has 0 spiro atoms. The van der Waals surface area contributed by atoms with E-state index in [-0.39, 0.29) is 24.1 Å². The highest BCUT2D eigenvalue weighted by Crippen LogP contribution is 2.37. The maximum Gasteiger partial charge on any atom is 0.306 e. The third-order valence-corrected chi connectivity index (χ3v) is 5.36. The van der Waals surface area contributed by atoms with Crippen LogP contribution in [-0.2, 0) is 16.0 Å². The van der Waals surface area contributed by atoms with E-state index in [1.54, 1.807) is 6.07 Å². The Hall–Kier alpha value is -3.02. The number of carbonyl (C=O) groups excluding carboxylic acids is 1. The Labute approximate surface area is 175 Å². The number of esters is 1. The molecule has 1 saturated heterocycles. The lowest BCUT2D eigenvalue weighted by Crippen LogP contribution is -2.36. The number of hydrazine groups is 1. The number of methoxy groups -OCH3 is 1. The summed E-state index contributed by atoms with van der Waals surface area (Å²) in [6.45, 7) is 0. The third-order valence-electron chi connectivity index (χ3n) is 5.36. The number of non-ortho nitro benzene ring substituents is 1. The molecule has 1 aliphatic heterocycles. The summed E-state index contributed by atoms with van der Waals surface area (Å²) in [5.41, 5.74) is 5.43. The number of nitro benzene ring substituents is 1. The van der Waals surface area contributed by atoms with E-state index in [9.17, 15) is 33.2 Å². The maximum absolute atomic E-state index is 14.2. The minimum atomic E-state index is -1.32. The fourth-order valence-electron chi connectivity index (χ4n) is 3.86. The molecule has 2 aromatic carbocycles. The first-order valence-electron chi connectivity index (χ1n) is 9.35. The molecular weight excluding hydrogens is 419 g/mol. The number of halogens is 3. The van der Waals surface area contributed by atoms with Gasteiger partial charge in [-0.3, -0.25) is 20.3 Å². The molecule has 2 aromatic rings. The number of hydrogen-bond acceptors (Lipinski definition) is 7. The van der Waals surface area contributed by atoms with Gasteiger partial charge in [-0.1, -0.05) is 12.1 Å². The number of carbonyl (C=O) groups is 1. The van der Waals surface area contributed by atoms with Crippen molar-refractivity contribution in [3.63, 3.8) is 0 Å². The van der Waals surface area contributed by atoms with Gasteiger partial charge in [0.15, 0.2) is 11.6 Å². The lowest BCUT2D eigenvalue weighted by atomic mass is 9.77. The first kappa shape index (κ1) is 22.7. The van der Waals surface area contributed by atoms with Crippen LogP contribution in [0.2, 0.25) is 0 Å². The summed E-state index contributed by atoms with van der Waals surface area (Å²) in [6, 6.07) is 6.04. The van der Waals surface area contributed by atoms with Crippen molar-refractivity contribution in [1.82, 2.24) is 10.9 Å². The minimum Gasteiger partial charge on any atom is -0.469 e. The lowest BCUT2D eigenvalue weighted by molar-refractivity contribution is -0.384. The van der Waals surface area contributed by atoms with Gasteiger partial charge in [0.25, 0.3) is 5.69 Å². The van der Waals surface area contributed by atoms with Crippen LogP contribution >= 0.6 is 0 Å². The van der Waals surface area contributed by atoms with Gasteiger partial charge in [-0.05, 0) is 23.6 Å². The number of rotatable bonds is 7. The highest BCUT2D eigenvalue weighted by molar-refractivity contribution is 5.70. The average Bonchev–Trinajstić information content (AvgIpc) is 3.09. The van der Waals surface area contributed by atoms with Crippen molar-refractivity contribution in [2.24, 2.45) is 5.92 Å². The van der Waals surface area contributed by atoms with E-state index in [4.69, 9.17) is 4.74 Å². The van der Waals surface area contributed by atoms with Crippen LogP contribution in [0.25, 0.3) is 0 Å². The third kappa shape index (κ3) is 5.01. The number of nitro groups is 1. The molecule has 0 aromatic heterocycles. The van der Waals surface area contributed by atoms with Gasteiger partial charge in [0.1, 0.15) is 12.0 Å². The second-order valence-electron chi connectivity index (χ2n) is 7.22. The van der Waals surface area contributed by atoms with E-state index < -0.39 is 52.4 Å². The second kappa shape index (κ2) is 9.41. The van der Waals surface area contributed by atoms with Gasteiger partial charge in [-0.25, -0.2) is 18.6 Å². The molecule has 1 heterocycles. The highest BCUT2D eigenvalue weighted by Gasteiger charge is 2.42. The van der Waals surface area contributed by atoms with Gasteiger partial charge < -0.3 is 9.84 Å². The van der Waals surface area contributed by atoms with Crippen molar-refractivity contribution < 1.29 is 32.7 Å². The molecule has 4 unspecified atom stereocenters. The molecule has 0 amide bonds. The van der Waals surface area contributed by atoms with Crippen LogP contribution in [0.4, 0.5) is 18.9 Å². The summed E-state index contributed by atoms with van der Waals surface area (Å²) >= 11 is 0. The summed E-state index contributed by atoms with van der Waals surface area (Å²) in [4.78, 5) is 22.6. The topological polar surface area (TPSA) is 114 Å². The molecule has 0 aliphatic carbocycles. The van der Waals surface area contributed by atoms with Gasteiger partial charge in [0, 0.05) is 36.1 Å². The lowest BCUT2D eigenvalue weighted by Gasteiger charge is -2.29. The van der Waals surface area contributed by atoms with Gasteiger partial charge >= 0.3 is 5.97 Å². The number of nitrogens with one attached hydrogen (secondary N) is 2. The molecule has 166 valence electrons. The zero-order valence-electron chi connectivity index (χ0n) is 16.3. The van der Waals surface area contributed by atoms with Crippen molar-refractivity contribution in [3.05, 3.63) is 75.1 Å². The Balaban J connectivity index is 1.97. The van der Waals surface area contributed by atoms with Gasteiger partial charge in [-0.15, -0.1) is 0 Å². The molecule has 11 heteroatoms. The molecule has 3 N–H and O–H groups in total. The molecule has 0 saturated carbocycles. The van der Waals surface area contributed by atoms with Crippen molar-refractivity contribution >= 4 is 11.7 Å². The van der Waals surface area contributed by atoms with Crippen LogP contribution in [0.5, 0.6) is 0 Å². The van der Waals surface area contributed by atoms with Crippen molar-refractivity contribution in [1.29, 1.82) is 0 Å². The predicted octanol–water partition coefficient (Wildman–Crippen LogP) is 2.31. The Morgan fingerprint density at radius 2 is 1.90 bits per heavy atom. The van der Waals surface area contributed by atoms with Gasteiger partial charge in [-0.2, -0.15) is 0 Å². The fourth-order valence-corrected chi connectivity index (χ4v) is 3.86. The molecule has 8 nitrogen and oxygen atoms in total. The summed E-state index contributed by atoms with van der Waals surface area (Å²) in [5.74, 6) is -5.66. The normalized spacial score (nSPS) is 21.6. The van der Waals surface area contributed by atoms with Gasteiger partial charge in [0.2, 0.25) is 0 Å². The van der Waals surface area contributed by atoms with Crippen LogP contribution in [0.3, 0.4) is 0 Å². The monoisotopic (exact) mass is 439 g/mol. The van der Waals surface area contributed by atoms with E-state index in [0.29, 0.717) is 11.6 Å². The Morgan fingerprint density at radius 1 is 1.19 bits per heavy atom. The molecule has 4 atom stereocenters. The largest absolute Gasteiger partial charge is 0.469 e. The number of aliphatic hydroxyl groups excluding tert-OH is 1. The van der Waals surface area contributed by atoms with E-state index in [0.717, 1.165) is 6.07 Å². The first-order chi connectivity index (χ1) is 14.7. The number of ether oxygens (including phenoxy) is 1. The molecule has 0 radical (unpaired) electrons.